The molecule has 0 heterocycles. The number of rotatable bonds is 8. The van der Waals surface area contributed by atoms with Gasteiger partial charge in [-0.15, -0.1) is 0 Å². The van der Waals surface area contributed by atoms with Crippen LogP contribution in [-0.4, -0.2) is 46.8 Å². The maximum absolute atomic E-state index is 12.3. The van der Waals surface area contributed by atoms with Gasteiger partial charge in [-0.3, -0.25) is 4.79 Å². The molecular weight excluding hydrogens is 348 g/mol. The quantitative estimate of drug-likeness (QED) is 0.716. The van der Waals surface area contributed by atoms with Gasteiger partial charge in [0.25, 0.3) is 5.91 Å². The minimum absolute atomic E-state index is 0.148. The van der Waals surface area contributed by atoms with E-state index in [-0.39, 0.29) is 5.56 Å². The van der Waals surface area contributed by atoms with E-state index in [4.69, 9.17) is 14.2 Å². The smallest absolute Gasteiger partial charge is 0.346 e. The van der Waals surface area contributed by atoms with Gasteiger partial charge < -0.3 is 24.4 Å². The Kier molecular flexibility index (Phi) is 7.05. The molecule has 2 aromatic rings. The van der Waals surface area contributed by atoms with E-state index in [9.17, 15) is 9.59 Å². The van der Waals surface area contributed by atoms with Gasteiger partial charge in [0.15, 0.2) is 6.61 Å². The van der Waals surface area contributed by atoms with E-state index in [0.29, 0.717) is 18.0 Å². The molecule has 0 aliphatic carbocycles. The van der Waals surface area contributed by atoms with Crippen LogP contribution in [-0.2, 0) is 16.1 Å². The third-order valence-corrected chi connectivity index (χ3v) is 3.91. The average Bonchev–Trinajstić information content (AvgIpc) is 2.69. The summed E-state index contributed by atoms with van der Waals surface area (Å²) in [5.74, 6) is -0.440. The average molecular weight is 372 g/mol. The molecule has 7 heteroatoms. The Morgan fingerprint density at radius 1 is 0.963 bits per heavy atom. The van der Waals surface area contributed by atoms with E-state index in [2.05, 4.69) is 5.32 Å². The number of esters is 1. The number of amides is 1. The highest BCUT2D eigenvalue weighted by Crippen LogP contribution is 2.28. The third kappa shape index (κ3) is 5.37. The van der Waals surface area contributed by atoms with Crippen molar-refractivity contribution in [2.24, 2.45) is 0 Å². The summed E-state index contributed by atoms with van der Waals surface area (Å²) >= 11 is 0. The first-order valence-electron chi connectivity index (χ1n) is 8.37. The molecule has 0 atom stereocenters. The number of carbonyl (C=O) groups excluding carboxylic acids is 2. The van der Waals surface area contributed by atoms with Crippen LogP contribution in [0.4, 0.5) is 5.69 Å². The first-order valence-corrected chi connectivity index (χ1v) is 8.37. The van der Waals surface area contributed by atoms with Crippen molar-refractivity contribution >= 4 is 17.6 Å². The molecule has 2 aromatic carbocycles. The largest absolute Gasteiger partial charge is 0.496 e. The number of nitrogens with one attached hydrogen (secondary N) is 1. The predicted octanol–water partition coefficient (Wildman–Crippen LogP) is 2.24. The Hall–Kier alpha value is -3.22. The molecule has 1 amide bonds. The lowest BCUT2D eigenvalue weighted by molar-refractivity contribution is -0.124. The first kappa shape index (κ1) is 20.1. The van der Waals surface area contributed by atoms with Crippen LogP contribution in [0.1, 0.15) is 15.9 Å². The van der Waals surface area contributed by atoms with Crippen LogP contribution < -0.4 is 19.7 Å². The fourth-order valence-electron chi connectivity index (χ4n) is 2.42. The maximum Gasteiger partial charge on any atom is 0.346 e. The Labute approximate surface area is 158 Å². The molecule has 0 unspecified atom stereocenters. The minimum Gasteiger partial charge on any atom is -0.496 e. The number of benzene rings is 2. The van der Waals surface area contributed by atoms with Gasteiger partial charge in [0.05, 0.1) is 14.2 Å². The zero-order valence-electron chi connectivity index (χ0n) is 15.9. The first-order chi connectivity index (χ1) is 13.0. The van der Waals surface area contributed by atoms with Gasteiger partial charge in [-0.25, -0.2) is 4.79 Å². The van der Waals surface area contributed by atoms with Crippen LogP contribution in [0.2, 0.25) is 0 Å². The molecule has 27 heavy (non-hydrogen) atoms. The van der Waals surface area contributed by atoms with Crippen molar-refractivity contribution in [1.82, 2.24) is 5.32 Å². The topological polar surface area (TPSA) is 77.1 Å². The van der Waals surface area contributed by atoms with Crippen molar-refractivity contribution in [3.05, 3.63) is 53.6 Å². The van der Waals surface area contributed by atoms with Crippen LogP contribution in [0.15, 0.2) is 42.5 Å². The highest BCUT2D eigenvalue weighted by molar-refractivity contribution is 5.96. The van der Waals surface area contributed by atoms with Gasteiger partial charge in [-0.1, -0.05) is 18.2 Å². The molecule has 0 aliphatic rings. The summed E-state index contributed by atoms with van der Waals surface area (Å²) < 4.78 is 15.4. The lowest BCUT2D eigenvalue weighted by Crippen LogP contribution is -2.28. The van der Waals surface area contributed by atoms with Crippen molar-refractivity contribution in [1.29, 1.82) is 0 Å². The number of ether oxygens (including phenoxy) is 3. The summed E-state index contributed by atoms with van der Waals surface area (Å²) in [6, 6.07) is 12.7. The zero-order chi connectivity index (χ0) is 19.8. The van der Waals surface area contributed by atoms with Crippen molar-refractivity contribution < 1.29 is 23.8 Å². The summed E-state index contributed by atoms with van der Waals surface area (Å²) in [6.45, 7) is -0.0438. The summed E-state index contributed by atoms with van der Waals surface area (Å²) in [7, 11) is 6.81. The lowest BCUT2D eigenvalue weighted by atomic mass is 10.2. The Morgan fingerprint density at radius 2 is 1.56 bits per heavy atom. The monoisotopic (exact) mass is 372 g/mol. The van der Waals surface area contributed by atoms with Gasteiger partial charge in [0, 0.05) is 26.3 Å². The second kappa shape index (κ2) is 9.47. The molecule has 2 rings (SSSR count). The highest BCUT2D eigenvalue weighted by atomic mass is 16.5. The Bertz CT molecular complexity index is 765. The fourth-order valence-corrected chi connectivity index (χ4v) is 2.42. The van der Waals surface area contributed by atoms with Crippen LogP contribution in [0.3, 0.4) is 0 Å². The van der Waals surface area contributed by atoms with Gasteiger partial charge >= 0.3 is 5.97 Å². The summed E-state index contributed by atoms with van der Waals surface area (Å²) in [5.41, 5.74) is 2.17. The summed E-state index contributed by atoms with van der Waals surface area (Å²) in [4.78, 5) is 26.3. The Morgan fingerprint density at radius 3 is 2.07 bits per heavy atom. The van der Waals surface area contributed by atoms with Crippen LogP contribution >= 0.6 is 0 Å². The summed E-state index contributed by atoms with van der Waals surface area (Å²) in [5, 5.41) is 2.72. The standard InChI is InChI=1S/C20H24N2O5/c1-22(2)15-10-8-14(9-11-15)12-21-18(23)13-27-20(24)19-16(25-3)6-5-7-17(19)26-4/h5-11H,12-13H2,1-4H3,(H,21,23). The fraction of sp³-hybridized carbons (Fsp3) is 0.300. The van der Waals surface area contributed by atoms with Crippen LogP contribution in [0.5, 0.6) is 11.5 Å². The van der Waals surface area contributed by atoms with Crippen molar-refractivity contribution in [2.45, 2.75) is 6.54 Å². The van der Waals surface area contributed by atoms with Crippen molar-refractivity contribution in [3.8, 4) is 11.5 Å². The number of anilines is 1. The van der Waals surface area contributed by atoms with Gasteiger partial charge in [0.2, 0.25) is 0 Å². The number of nitrogens with zero attached hydrogens (tertiary/aromatic N) is 1. The molecule has 144 valence electrons. The van der Waals surface area contributed by atoms with E-state index in [0.717, 1.165) is 11.3 Å². The molecule has 0 radical (unpaired) electrons. The molecular formula is C20H24N2O5. The number of hydrogen-bond donors (Lipinski definition) is 1. The van der Waals surface area contributed by atoms with Crippen LogP contribution in [0.25, 0.3) is 0 Å². The van der Waals surface area contributed by atoms with Gasteiger partial charge in [0.1, 0.15) is 17.1 Å². The van der Waals surface area contributed by atoms with Gasteiger partial charge in [-0.2, -0.15) is 0 Å². The van der Waals surface area contributed by atoms with Crippen molar-refractivity contribution in [3.63, 3.8) is 0 Å². The van der Waals surface area contributed by atoms with Gasteiger partial charge in [-0.05, 0) is 29.8 Å². The van der Waals surface area contributed by atoms with E-state index in [1.54, 1.807) is 18.2 Å². The molecule has 0 fully saturated rings. The van der Waals surface area contributed by atoms with E-state index < -0.39 is 18.5 Å². The maximum atomic E-state index is 12.3. The zero-order valence-corrected chi connectivity index (χ0v) is 15.9. The highest BCUT2D eigenvalue weighted by Gasteiger charge is 2.20. The van der Waals surface area contributed by atoms with E-state index >= 15 is 0 Å². The normalized spacial score (nSPS) is 10.1. The van der Waals surface area contributed by atoms with E-state index in [1.165, 1.54) is 14.2 Å². The molecule has 0 saturated carbocycles. The van der Waals surface area contributed by atoms with Crippen molar-refractivity contribution in [2.75, 3.05) is 39.8 Å². The molecule has 0 aliphatic heterocycles. The second-order valence-electron chi connectivity index (χ2n) is 5.95. The molecule has 0 aromatic heterocycles. The number of carbonyl (C=O) groups is 2. The third-order valence-electron chi connectivity index (χ3n) is 3.91. The summed E-state index contributed by atoms with van der Waals surface area (Å²) in [6.07, 6.45) is 0. The minimum atomic E-state index is -0.685. The molecule has 0 bridgehead atoms. The van der Waals surface area contributed by atoms with E-state index in [1.807, 2.05) is 43.3 Å². The molecule has 7 nitrogen and oxygen atoms in total. The molecule has 1 N–H and O–H groups in total. The second-order valence-corrected chi connectivity index (χ2v) is 5.95. The lowest BCUT2D eigenvalue weighted by Gasteiger charge is -2.13. The number of hydrogen-bond acceptors (Lipinski definition) is 6. The number of methoxy groups -OCH3 is 2. The molecule has 0 spiro atoms. The SMILES string of the molecule is COc1cccc(OC)c1C(=O)OCC(=O)NCc1ccc(N(C)C)cc1. The predicted molar refractivity (Wildman–Crippen MR) is 102 cm³/mol. The Balaban J connectivity index is 1.89. The van der Waals surface area contributed by atoms with Crippen LogP contribution in [0, 0.1) is 0 Å². The molecule has 0 saturated heterocycles.